The van der Waals surface area contributed by atoms with Gasteiger partial charge in [0, 0.05) is 32.6 Å². The van der Waals surface area contributed by atoms with Gasteiger partial charge in [0.2, 0.25) is 0 Å². The number of rotatable bonds is 4. The molecule has 0 saturated carbocycles. The summed E-state index contributed by atoms with van der Waals surface area (Å²) in [4.78, 5) is 0. The lowest BCUT2D eigenvalue weighted by Crippen LogP contribution is -2.21. The minimum absolute atomic E-state index is 0.172. The van der Waals surface area contributed by atoms with Crippen molar-refractivity contribution in [3.63, 3.8) is 0 Å². The third kappa shape index (κ3) is 3.87. The molecule has 208 valence electrons. The van der Waals surface area contributed by atoms with Gasteiger partial charge in [0.1, 0.15) is 0 Å². The van der Waals surface area contributed by atoms with Gasteiger partial charge < -0.3 is 9.13 Å². The molecular formula is C41H34N2. The zero-order valence-corrected chi connectivity index (χ0v) is 25.1. The van der Waals surface area contributed by atoms with Gasteiger partial charge in [-0.15, -0.1) is 0 Å². The average molecular weight is 555 g/mol. The van der Waals surface area contributed by atoms with Gasteiger partial charge in [-0.05, 0) is 79.6 Å². The molecule has 2 heteroatoms. The summed E-state index contributed by atoms with van der Waals surface area (Å²) >= 11 is 0. The van der Waals surface area contributed by atoms with Crippen LogP contribution in [-0.4, -0.2) is 9.13 Å². The van der Waals surface area contributed by atoms with Crippen LogP contribution in [0.3, 0.4) is 0 Å². The monoisotopic (exact) mass is 554 g/mol. The van der Waals surface area contributed by atoms with Crippen LogP contribution < -0.4 is 0 Å². The van der Waals surface area contributed by atoms with Crippen LogP contribution in [0, 0.1) is 13.8 Å². The highest BCUT2D eigenvalue weighted by Crippen LogP contribution is 2.41. The first-order valence-electron chi connectivity index (χ1n) is 15.1. The van der Waals surface area contributed by atoms with Crippen LogP contribution in [0.4, 0.5) is 0 Å². The lowest BCUT2D eigenvalue weighted by atomic mass is 9.77. The van der Waals surface area contributed by atoms with Gasteiger partial charge in [0.25, 0.3) is 0 Å². The Kier molecular flexibility index (Phi) is 5.64. The summed E-state index contributed by atoms with van der Waals surface area (Å²) in [6.07, 6.45) is 0. The Balaban J connectivity index is 1.41. The minimum atomic E-state index is -0.172. The number of benzene rings is 6. The van der Waals surface area contributed by atoms with Crippen LogP contribution in [0.15, 0.2) is 133 Å². The second-order valence-electron chi connectivity index (χ2n) is 12.4. The molecule has 0 aliphatic carbocycles. The molecule has 0 atom stereocenters. The summed E-state index contributed by atoms with van der Waals surface area (Å²) in [6.45, 7) is 9.02. The van der Waals surface area contributed by atoms with E-state index in [-0.39, 0.29) is 5.41 Å². The van der Waals surface area contributed by atoms with Crippen molar-refractivity contribution in [2.75, 3.05) is 0 Å². The molecule has 0 unspecified atom stereocenters. The molecule has 8 aromatic rings. The van der Waals surface area contributed by atoms with Gasteiger partial charge in [-0.1, -0.05) is 104 Å². The molecule has 0 aliphatic rings. The van der Waals surface area contributed by atoms with Crippen molar-refractivity contribution >= 4 is 43.6 Å². The van der Waals surface area contributed by atoms with Crippen molar-refractivity contribution in [2.45, 2.75) is 33.1 Å². The van der Waals surface area contributed by atoms with E-state index in [1.165, 1.54) is 77.2 Å². The molecule has 2 heterocycles. The number of aryl methyl sites for hydroxylation is 2. The van der Waals surface area contributed by atoms with Gasteiger partial charge in [-0.25, -0.2) is 0 Å². The fourth-order valence-electron chi connectivity index (χ4n) is 7.10. The number of aromatic nitrogens is 2. The first-order chi connectivity index (χ1) is 20.9. The number of hydrogen-bond donors (Lipinski definition) is 0. The molecule has 0 aliphatic heterocycles. The highest BCUT2D eigenvalue weighted by Gasteiger charge is 2.27. The Labute approximate surface area is 252 Å². The third-order valence-corrected chi connectivity index (χ3v) is 9.30. The maximum Gasteiger partial charge on any atom is 0.0542 e. The molecule has 0 amide bonds. The lowest BCUT2D eigenvalue weighted by Gasteiger charge is -2.29. The molecule has 6 aromatic carbocycles. The molecule has 0 fully saturated rings. The van der Waals surface area contributed by atoms with Gasteiger partial charge in [0.05, 0.1) is 27.8 Å². The lowest BCUT2D eigenvalue weighted by molar-refractivity contribution is 0.637. The van der Waals surface area contributed by atoms with Crippen molar-refractivity contribution in [2.24, 2.45) is 0 Å². The normalized spacial score (nSPS) is 12.2. The number of para-hydroxylation sites is 2. The van der Waals surface area contributed by atoms with Gasteiger partial charge in [-0.3, -0.25) is 0 Å². The fraction of sp³-hybridized carbons (Fsp3) is 0.122. The smallest absolute Gasteiger partial charge is 0.0542 e. The van der Waals surface area contributed by atoms with E-state index in [2.05, 4.69) is 170 Å². The number of hydrogen-bond acceptors (Lipinski definition) is 0. The first kappa shape index (κ1) is 25.6. The number of nitrogens with zero attached hydrogens (tertiary/aromatic N) is 2. The summed E-state index contributed by atoms with van der Waals surface area (Å²) < 4.78 is 4.90. The van der Waals surface area contributed by atoms with Crippen LogP contribution in [0.1, 0.15) is 36.1 Å². The maximum absolute atomic E-state index is 2.47. The van der Waals surface area contributed by atoms with Crippen molar-refractivity contribution in [3.8, 4) is 11.4 Å². The summed E-state index contributed by atoms with van der Waals surface area (Å²) in [6, 6.07) is 49.2. The summed E-state index contributed by atoms with van der Waals surface area (Å²) in [5.74, 6) is 0. The summed E-state index contributed by atoms with van der Waals surface area (Å²) in [7, 11) is 0. The van der Waals surface area contributed by atoms with Gasteiger partial charge in [-0.2, -0.15) is 0 Å². The quantitative estimate of drug-likeness (QED) is 0.205. The zero-order valence-electron chi connectivity index (χ0n) is 25.1. The molecule has 0 saturated heterocycles. The SMILES string of the molecule is Cc1ccc2c(c1)c1cc(C)ccc1n2-c1ccc2c(c1)c1ccccc1n2-c1ccccc1C(C)(C)c1ccccc1. The van der Waals surface area contributed by atoms with E-state index in [4.69, 9.17) is 0 Å². The van der Waals surface area contributed by atoms with Gasteiger partial charge >= 0.3 is 0 Å². The van der Waals surface area contributed by atoms with Crippen molar-refractivity contribution in [3.05, 3.63) is 156 Å². The molecule has 0 spiro atoms. The van der Waals surface area contributed by atoms with Crippen LogP contribution in [0.2, 0.25) is 0 Å². The van der Waals surface area contributed by atoms with E-state index in [1.807, 2.05) is 0 Å². The molecule has 8 rings (SSSR count). The summed E-state index contributed by atoms with van der Waals surface area (Å²) in [5, 5.41) is 5.13. The predicted molar refractivity (Wildman–Crippen MR) is 183 cm³/mol. The molecule has 0 bridgehead atoms. The first-order valence-corrected chi connectivity index (χ1v) is 15.1. The Morgan fingerprint density at radius 1 is 0.442 bits per heavy atom. The Hall–Kier alpha value is -5.08. The van der Waals surface area contributed by atoms with Crippen molar-refractivity contribution < 1.29 is 0 Å². The van der Waals surface area contributed by atoms with Crippen LogP contribution in [0.25, 0.3) is 55.0 Å². The van der Waals surface area contributed by atoms with Crippen LogP contribution in [-0.2, 0) is 5.41 Å². The topological polar surface area (TPSA) is 9.86 Å². The standard InChI is InChI=1S/C41H34N2/c1-27-18-21-37-32(24-27)33-25-28(2)19-22-38(33)42(37)30-20-23-39-34(26-30)31-14-8-10-16-36(31)43(39)40-17-11-9-15-35(40)41(3,4)29-12-6-5-7-13-29/h5-26H,1-4H3. The molecule has 0 radical (unpaired) electrons. The minimum Gasteiger partial charge on any atom is -0.309 e. The van der Waals surface area contributed by atoms with E-state index in [9.17, 15) is 0 Å². The fourth-order valence-corrected chi connectivity index (χ4v) is 7.10. The Morgan fingerprint density at radius 2 is 0.977 bits per heavy atom. The van der Waals surface area contributed by atoms with Gasteiger partial charge in [0.15, 0.2) is 0 Å². The van der Waals surface area contributed by atoms with Crippen LogP contribution >= 0.6 is 0 Å². The zero-order chi connectivity index (χ0) is 29.3. The predicted octanol–water partition coefficient (Wildman–Crippen LogP) is 10.8. The van der Waals surface area contributed by atoms with E-state index < -0.39 is 0 Å². The van der Waals surface area contributed by atoms with Crippen molar-refractivity contribution in [1.82, 2.24) is 9.13 Å². The second-order valence-corrected chi connectivity index (χ2v) is 12.4. The molecule has 0 N–H and O–H groups in total. The van der Waals surface area contributed by atoms with E-state index in [0.717, 1.165) is 0 Å². The van der Waals surface area contributed by atoms with E-state index in [1.54, 1.807) is 0 Å². The molecular weight excluding hydrogens is 520 g/mol. The largest absolute Gasteiger partial charge is 0.309 e. The highest BCUT2D eigenvalue weighted by molar-refractivity contribution is 6.12. The Morgan fingerprint density at radius 3 is 1.70 bits per heavy atom. The third-order valence-electron chi connectivity index (χ3n) is 9.30. The average Bonchev–Trinajstić information content (AvgIpc) is 3.53. The maximum atomic E-state index is 2.47. The molecule has 43 heavy (non-hydrogen) atoms. The molecule has 2 aromatic heterocycles. The molecule has 2 nitrogen and oxygen atoms in total. The second kappa shape index (κ2) is 9.47. The van der Waals surface area contributed by atoms with E-state index >= 15 is 0 Å². The number of fused-ring (bicyclic) bond motifs is 6. The highest BCUT2D eigenvalue weighted by atomic mass is 15.0. The summed E-state index contributed by atoms with van der Waals surface area (Å²) in [5.41, 5.74) is 12.3. The van der Waals surface area contributed by atoms with E-state index in [0.29, 0.717) is 0 Å². The Bertz CT molecular complexity index is 2270. The van der Waals surface area contributed by atoms with Crippen molar-refractivity contribution in [1.29, 1.82) is 0 Å². The van der Waals surface area contributed by atoms with Crippen LogP contribution in [0.5, 0.6) is 0 Å².